The summed E-state index contributed by atoms with van der Waals surface area (Å²) in [5.41, 5.74) is 1.78. The van der Waals surface area contributed by atoms with Crippen molar-refractivity contribution in [3.05, 3.63) is 71.0 Å². The third-order valence-corrected chi connectivity index (χ3v) is 5.95. The van der Waals surface area contributed by atoms with Gasteiger partial charge in [-0.25, -0.2) is 4.39 Å². The van der Waals surface area contributed by atoms with Crippen molar-refractivity contribution < 1.29 is 23.5 Å². The number of hydrogen-bond acceptors (Lipinski definition) is 4. The number of carbonyl (C=O) groups is 3. The molecule has 2 aromatic rings. The number of methoxy groups -OCH3 is 1. The summed E-state index contributed by atoms with van der Waals surface area (Å²) in [6.07, 6.45) is 1.12. The van der Waals surface area contributed by atoms with Crippen LogP contribution in [-0.2, 0) is 9.53 Å². The van der Waals surface area contributed by atoms with Crippen molar-refractivity contribution in [3.63, 3.8) is 0 Å². The second-order valence-corrected chi connectivity index (χ2v) is 8.19. The van der Waals surface area contributed by atoms with Crippen LogP contribution >= 0.6 is 0 Å². The molecule has 1 atom stereocenters. The van der Waals surface area contributed by atoms with E-state index in [2.05, 4.69) is 10.6 Å². The highest BCUT2D eigenvalue weighted by Gasteiger charge is 2.34. The standard InChI is InChI=1S/C25H30FN3O4/c1-17-5-3-4-6-21(17)23(30)28-22(24(31)27-13-16-33-2)18-11-14-29(15-12-18)25(32)19-7-9-20(26)10-8-19/h3-10,18,22H,11-16H2,1-2H3,(H,27,31)(H,28,30)/t22-/m0/s1. The molecule has 3 amide bonds. The van der Waals surface area contributed by atoms with Gasteiger partial charge in [0.1, 0.15) is 11.9 Å². The average Bonchev–Trinajstić information content (AvgIpc) is 2.83. The molecule has 2 aromatic carbocycles. The Balaban J connectivity index is 1.68. The molecule has 176 valence electrons. The highest BCUT2D eigenvalue weighted by molar-refractivity contribution is 5.98. The highest BCUT2D eigenvalue weighted by atomic mass is 19.1. The average molecular weight is 456 g/mol. The second kappa shape index (κ2) is 11.6. The Bertz CT molecular complexity index is 972. The fraction of sp³-hybridized carbons (Fsp3) is 0.400. The quantitative estimate of drug-likeness (QED) is 0.599. The molecule has 3 rings (SSSR count). The second-order valence-electron chi connectivity index (χ2n) is 8.19. The van der Waals surface area contributed by atoms with E-state index in [0.717, 1.165) is 5.56 Å². The van der Waals surface area contributed by atoms with Crippen LogP contribution in [0.5, 0.6) is 0 Å². The molecule has 0 unspecified atom stereocenters. The lowest BCUT2D eigenvalue weighted by Crippen LogP contribution is -2.54. The number of hydrogen-bond donors (Lipinski definition) is 2. The molecule has 1 aliphatic rings. The molecule has 0 bridgehead atoms. The van der Waals surface area contributed by atoms with Crippen LogP contribution in [0.4, 0.5) is 4.39 Å². The van der Waals surface area contributed by atoms with Crippen molar-refractivity contribution in [3.8, 4) is 0 Å². The van der Waals surface area contributed by atoms with E-state index in [4.69, 9.17) is 4.74 Å². The van der Waals surface area contributed by atoms with Gasteiger partial charge >= 0.3 is 0 Å². The fourth-order valence-corrected chi connectivity index (χ4v) is 4.04. The Morgan fingerprint density at radius 2 is 1.76 bits per heavy atom. The summed E-state index contributed by atoms with van der Waals surface area (Å²) in [7, 11) is 1.55. The van der Waals surface area contributed by atoms with Crippen LogP contribution in [0.1, 0.15) is 39.1 Å². The molecule has 0 aromatic heterocycles. The van der Waals surface area contributed by atoms with Crippen LogP contribution < -0.4 is 10.6 Å². The number of aryl methyl sites for hydroxylation is 1. The number of rotatable bonds is 8. The van der Waals surface area contributed by atoms with Gasteiger partial charge in [-0.05, 0) is 61.6 Å². The Morgan fingerprint density at radius 1 is 1.09 bits per heavy atom. The SMILES string of the molecule is COCCNC(=O)[C@@H](NC(=O)c1ccccc1C)C1CCN(C(=O)c2ccc(F)cc2)CC1. The third-order valence-electron chi connectivity index (χ3n) is 5.95. The van der Waals surface area contributed by atoms with Crippen molar-refractivity contribution in [1.82, 2.24) is 15.5 Å². The first-order valence-electron chi connectivity index (χ1n) is 11.1. The van der Waals surface area contributed by atoms with Crippen molar-refractivity contribution in [2.75, 3.05) is 33.4 Å². The first-order valence-corrected chi connectivity index (χ1v) is 11.1. The molecule has 0 spiro atoms. The Labute approximate surface area is 193 Å². The van der Waals surface area contributed by atoms with Crippen molar-refractivity contribution in [1.29, 1.82) is 0 Å². The minimum absolute atomic E-state index is 0.127. The van der Waals surface area contributed by atoms with Gasteiger partial charge in [-0.3, -0.25) is 14.4 Å². The minimum Gasteiger partial charge on any atom is -0.383 e. The number of nitrogens with zero attached hydrogens (tertiary/aromatic N) is 1. The van der Waals surface area contributed by atoms with Crippen molar-refractivity contribution in [2.24, 2.45) is 5.92 Å². The summed E-state index contributed by atoms with van der Waals surface area (Å²) in [6, 6.07) is 12.0. The van der Waals surface area contributed by atoms with Crippen LogP contribution in [-0.4, -0.2) is 62.0 Å². The van der Waals surface area contributed by atoms with Gasteiger partial charge in [0.2, 0.25) is 5.91 Å². The number of likely N-dealkylation sites (tertiary alicyclic amines) is 1. The van der Waals surface area contributed by atoms with Crippen LogP contribution in [0.3, 0.4) is 0 Å². The molecule has 1 fully saturated rings. The first-order chi connectivity index (χ1) is 15.9. The van der Waals surface area contributed by atoms with E-state index in [1.54, 1.807) is 24.1 Å². The maximum Gasteiger partial charge on any atom is 0.253 e. The summed E-state index contributed by atoms with van der Waals surface area (Å²) in [6.45, 7) is 3.46. The first kappa shape index (κ1) is 24.4. The van der Waals surface area contributed by atoms with Gasteiger partial charge in [-0.1, -0.05) is 18.2 Å². The molecule has 2 N–H and O–H groups in total. The molecule has 7 nitrogen and oxygen atoms in total. The zero-order chi connectivity index (χ0) is 23.8. The molecule has 1 saturated heterocycles. The number of benzene rings is 2. The maximum absolute atomic E-state index is 13.2. The molecule has 1 aliphatic heterocycles. The van der Waals surface area contributed by atoms with Crippen LogP contribution in [0, 0.1) is 18.7 Å². The topological polar surface area (TPSA) is 87.7 Å². The van der Waals surface area contributed by atoms with Crippen LogP contribution in [0.15, 0.2) is 48.5 Å². The van der Waals surface area contributed by atoms with Gasteiger partial charge in [-0.15, -0.1) is 0 Å². The Kier molecular flexibility index (Phi) is 8.54. The Morgan fingerprint density at radius 3 is 2.39 bits per heavy atom. The van der Waals surface area contributed by atoms with Gasteiger partial charge in [0, 0.05) is 37.9 Å². The number of ether oxygens (including phenoxy) is 1. The van der Waals surface area contributed by atoms with E-state index < -0.39 is 11.9 Å². The lowest BCUT2D eigenvalue weighted by atomic mass is 9.88. The Hall–Kier alpha value is -3.26. The molecular formula is C25H30FN3O4. The number of piperidine rings is 1. The van der Waals surface area contributed by atoms with E-state index >= 15 is 0 Å². The summed E-state index contributed by atoms with van der Waals surface area (Å²) in [5.74, 6) is -1.25. The van der Waals surface area contributed by atoms with Gasteiger partial charge in [-0.2, -0.15) is 0 Å². The fourth-order valence-electron chi connectivity index (χ4n) is 4.04. The van der Waals surface area contributed by atoms with Crippen molar-refractivity contribution in [2.45, 2.75) is 25.8 Å². The summed E-state index contributed by atoms with van der Waals surface area (Å²) in [5, 5.41) is 5.74. The molecule has 33 heavy (non-hydrogen) atoms. The zero-order valence-electron chi connectivity index (χ0n) is 19.0. The molecule has 0 saturated carbocycles. The largest absolute Gasteiger partial charge is 0.383 e. The predicted octanol–water partition coefficient (Wildman–Crippen LogP) is 2.55. The number of nitrogens with one attached hydrogen (secondary N) is 2. The van der Waals surface area contributed by atoms with Crippen LogP contribution in [0.2, 0.25) is 0 Å². The third kappa shape index (κ3) is 6.38. The number of halogens is 1. The molecule has 0 radical (unpaired) electrons. The minimum atomic E-state index is -0.725. The smallest absolute Gasteiger partial charge is 0.253 e. The van der Waals surface area contributed by atoms with Gasteiger partial charge in [0.25, 0.3) is 11.8 Å². The zero-order valence-corrected chi connectivity index (χ0v) is 19.0. The number of carbonyl (C=O) groups excluding carboxylic acids is 3. The molecular weight excluding hydrogens is 425 g/mol. The summed E-state index contributed by atoms with van der Waals surface area (Å²) < 4.78 is 18.2. The monoisotopic (exact) mass is 455 g/mol. The van der Waals surface area contributed by atoms with Crippen LogP contribution in [0.25, 0.3) is 0 Å². The lowest BCUT2D eigenvalue weighted by molar-refractivity contribution is -0.124. The van der Waals surface area contributed by atoms with E-state index in [1.165, 1.54) is 24.3 Å². The normalized spacial score (nSPS) is 15.1. The van der Waals surface area contributed by atoms with Crippen molar-refractivity contribution >= 4 is 17.7 Å². The van der Waals surface area contributed by atoms with E-state index in [-0.39, 0.29) is 23.6 Å². The summed E-state index contributed by atoms with van der Waals surface area (Å²) in [4.78, 5) is 40.3. The van der Waals surface area contributed by atoms with E-state index in [9.17, 15) is 18.8 Å². The van der Waals surface area contributed by atoms with Gasteiger partial charge in [0.15, 0.2) is 0 Å². The van der Waals surface area contributed by atoms with E-state index in [1.807, 2.05) is 19.1 Å². The molecule has 1 heterocycles. The maximum atomic E-state index is 13.2. The van der Waals surface area contributed by atoms with Gasteiger partial charge < -0.3 is 20.3 Å². The number of amides is 3. The predicted molar refractivity (Wildman–Crippen MR) is 122 cm³/mol. The summed E-state index contributed by atoms with van der Waals surface area (Å²) >= 11 is 0. The molecule has 0 aliphatic carbocycles. The lowest BCUT2D eigenvalue weighted by Gasteiger charge is -2.36. The highest BCUT2D eigenvalue weighted by Crippen LogP contribution is 2.23. The molecule has 8 heteroatoms. The van der Waals surface area contributed by atoms with E-state index in [0.29, 0.717) is 50.2 Å². The van der Waals surface area contributed by atoms with Gasteiger partial charge in [0.05, 0.1) is 6.61 Å².